The lowest BCUT2D eigenvalue weighted by molar-refractivity contribution is 0.0950. The number of benzene rings is 2. The molecule has 2 aromatic carbocycles. The molecule has 0 spiro atoms. The zero-order chi connectivity index (χ0) is 20.9. The molecule has 29 heavy (non-hydrogen) atoms. The predicted molar refractivity (Wildman–Crippen MR) is 107 cm³/mol. The van der Waals surface area contributed by atoms with Crippen molar-refractivity contribution < 1.29 is 17.6 Å². The second-order valence-electron chi connectivity index (χ2n) is 6.15. The van der Waals surface area contributed by atoms with Gasteiger partial charge in [0.15, 0.2) is 0 Å². The molecule has 0 fully saturated rings. The van der Waals surface area contributed by atoms with Crippen LogP contribution in [0.25, 0.3) is 0 Å². The van der Waals surface area contributed by atoms with Gasteiger partial charge < -0.3 is 5.32 Å². The first kappa shape index (κ1) is 20.9. The van der Waals surface area contributed by atoms with Crippen molar-refractivity contribution in [2.75, 3.05) is 0 Å². The maximum atomic E-state index is 13.2. The van der Waals surface area contributed by atoms with E-state index in [-0.39, 0.29) is 29.0 Å². The van der Waals surface area contributed by atoms with Crippen molar-refractivity contribution in [1.29, 1.82) is 0 Å². The molecule has 0 aliphatic carbocycles. The molecule has 0 aliphatic rings. The molecule has 2 N–H and O–H groups in total. The first-order valence-corrected chi connectivity index (χ1v) is 10.4. The van der Waals surface area contributed by atoms with E-state index in [1.54, 1.807) is 24.3 Å². The van der Waals surface area contributed by atoms with Crippen molar-refractivity contribution in [3.8, 4) is 0 Å². The quantitative estimate of drug-likeness (QED) is 0.560. The fourth-order valence-corrected chi connectivity index (χ4v) is 3.73. The molecule has 0 saturated carbocycles. The van der Waals surface area contributed by atoms with Crippen LogP contribution in [0.5, 0.6) is 0 Å². The number of nitrogens with zero attached hydrogens (tertiary/aromatic N) is 1. The average molecular weight is 434 g/mol. The molecular weight excluding hydrogens is 417 g/mol. The molecule has 6 nitrogen and oxygen atoms in total. The second-order valence-corrected chi connectivity index (χ2v) is 8.31. The molecule has 0 unspecified atom stereocenters. The highest BCUT2D eigenvalue weighted by atomic mass is 35.5. The van der Waals surface area contributed by atoms with Crippen LogP contribution in [0.3, 0.4) is 0 Å². The van der Waals surface area contributed by atoms with Crippen molar-refractivity contribution in [2.45, 2.75) is 18.0 Å². The summed E-state index contributed by atoms with van der Waals surface area (Å²) >= 11 is 5.70. The molecule has 0 atom stereocenters. The second kappa shape index (κ2) is 9.13. The van der Waals surface area contributed by atoms with Gasteiger partial charge in [-0.05, 0) is 47.5 Å². The zero-order valence-electron chi connectivity index (χ0n) is 15.1. The van der Waals surface area contributed by atoms with Gasteiger partial charge in [-0.15, -0.1) is 0 Å². The van der Waals surface area contributed by atoms with Crippen LogP contribution in [0, 0.1) is 5.82 Å². The highest BCUT2D eigenvalue weighted by molar-refractivity contribution is 7.89. The van der Waals surface area contributed by atoms with Crippen molar-refractivity contribution in [1.82, 2.24) is 15.0 Å². The molecule has 0 radical (unpaired) electrons. The van der Waals surface area contributed by atoms with Crippen LogP contribution < -0.4 is 10.0 Å². The molecular formula is C20H17ClFN3O3S. The summed E-state index contributed by atoms with van der Waals surface area (Å²) in [6.45, 7) is 0.0966. The molecule has 150 valence electrons. The van der Waals surface area contributed by atoms with Gasteiger partial charge in [0.1, 0.15) is 11.0 Å². The van der Waals surface area contributed by atoms with Gasteiger partial charge in [-0.25, -0.2) is 22.5 Å². The first-order valence-electron chi connectivity index (χ1n) is 8.56. The van der Waals surface area contributed by atoms with Gasteiger partial charge >= 0.3 is 0 Å². The Bertz CT molecular complexity index is 1120. The highest BCUT2D eigenvalue weighted by Crippen LogP contribution is 2.13. The lowest BCUT2D eigenvalue weighted by Gasteiger charge is -2.10. The molecule has 1 heterocycles. The van der Waals surface area contributed by atoms with Crippen LogP contribution in [0.15, 0.2) is 71.8 Å². The molecule has 3 rings (SSSR count). The number of carbonyl (C=O) groups excluding carboxylic acids is 1. The van der Waals surface area contributed by atoms with E-state index >= 15 is 0 Å². The fourth-order valence-electron chi connectivity index (χ4n) is 2.53. The van der Waals surface area contributed by atoms with Crippen LogP contribution in [-0.4, -0.2) is 19.3 Å². The molecule has 1 aromatic heterocycles. The largest absolute Gasteiger partial charge is 0.348 e. The summed E-state index contributed by atoms with van der Waals surface area (Å²) in [5, 5.41) is 2.98. The lowest BCUT2D eigenvalue weighted by atomic mass is 10.2. The number of aromatic nitrogens is 1. The molecule has 1 amide bonds. The summed E-state index contributed by atoms with van der Waals surface area (Å²) in [6.07, 6.45) is 1.36. The highest BCUT2D eigenvalue weighted by Gasteiger charge is 2.15. The van der Waals surface area contributed by atoms with E-state index in [1.807, 2.05) is 0 Å². The topological polar surface area (TPSA) is 88.2 Å². The molecule has 0 aliphatic heterocycles. The Kier molecular flexibility index (Phi) is 6.58. The van der Waals surface area contributed by atoms with Crippen molar-refractivity contribution >= 4 is 27.5 Å². The Hall–Kier alpha value is -2.81. The minimum Gasteiger partial charge on any atom is -0.348 e. The Morgan fingerprint density at radius 1 is 1.00 bits per heavy atom. The maximum Gasteiger partial charge on any atom is 0.253 e. The van der Waals surface area contributed by atoms with Crippen molar-refractivity contribution in [3.05, 3.63) is 94.5 Å². The van der Waals surface area contributed by atoms with E-state index in [4.69, 9.17) is 11.6 Å². The molecule has 0 saturated heterocycles. The Labute approximate surface area is 172 Å². The number of carbonyl (C=O) groups is 1. The summed E-state index contributed by atoms with van der Waals surface area (Å²) in [5.74, 6) is -0.790. The third-order valence-electron chi connectivity index (χ3n) is 4.01. The summed E-state index contributed by atoms with van der Waals surface area (Å²) in [6, 6.07) is 14.9. The standard InChI is InChI=1S/C20H17ClFN3O3S/c21-19-8-7-16(13-23-19)20(26)24-11-15-4-2-6-18(10-15)29(27,28)25-12-14-3-1-5-17(22)9-14/h1-10,13,25H,11-12H2,(H,24,26). The third kappa shape index (κ3) is 5.83. The maximum absolute atomic E-state index is 13.2. The summed E-state index contributed by atoms with van der Waals surface area (Å²) in [4.78, 5) is 16.0. The number of pyridine rings is 1. The monoisotopic (exact) mass is 433 g/mol. The van der Waals surface area contributed by atoms with Gasteiger partial charge in [0, 0.05) is 19.3 Å². The van der Waals surface area contributed by atoms with E-state index < -0.39 is 15.8 Å². The van der Waals surface area contributed by atoms with Gasteiger partial charge in [-0.1, -0.05) is 35.9 Å². The number of sulfonamides is 1. The first-order chi connectivity index (χ1) is 13.8. The van der Waals surface area contributed by atoms with Gasteiger partial charge in [-0.3, -0.25) is 4.79 Å². The zero-order valence-corrected chi connectivity index (χ0v) is 16.7. The van der Waals surface area contributed by atoms with Gasteiger partial charge in [0.05, 0.1) is 10.5 Å². The average Bonchev–Trinajstić information content (AvgIpc) is 2.71. The molecule has 3 aromatic rings. The number of amides is 1. The van der Waals surface area contributed by atoms with Crippen LogP contribution in [0.4, 0.5) is 4.39 Å². The third-order valence-corrected chi connectivity index (χ3v) is 5.63. The Morgan fingerprint density at radius 2 is 1.72 bits per heavy atom. The van der Waals surface area contributed by atoms with Crippen LogP contribution in [-0.2, 0) is 23.1 Å². The van der Waals surface area contributed by atoms with Crippen LogP contribution in [0.2, 0.25) is 5.15 Å². The Balaban J connectivity index is 1.64. The van der Waals surface area contributed by atoms with Crippen molar-refractivity contribution in [2.24, 2.45) is 0 Å². The van der Waals surface area contributed by atoms with Crippen molar-refractivity contribution in [3.63, 3.8) is 0 Å². The van der Waals surface area contributed by atoms with Gasteiger partial charge in [0.25, 0.3) is 5.91 Å². The smallest absolute Gasteiger partial charge is 0.253 e. The summed E-state index contributed by atoms with van der Waals surface area (Å²) < 4.78 is 40.7. The molecule has 0 bridgehead atoms. The van der Waals surface area contributed by atoms with Gasteiger partial charge in [0.2, 0.25) is 10.0 Å². The lowest BCUT2D eigenvalue weighted by Crippen LogP contribution is -2.25. The minimum atomic E-state index is -3.80. The predicted octanol–water partition coefficient (Wildman–Crippen LogP) is 3.28. The van der Waals surface area contributed by atoms with E-state index in [0.717, 1.165) is 0 Å². The SMILES string of the molecule is O=C(NCc1cccc(S(=O)(=O)NCc2cccc(F)c2)c1)c1ccc(Cl)nc1. The number of hydrogen-bond acceptors (Lipinski definition) is 4. The van der Waals surface area contributed by atoms with E-state index in [2.05, 4.69) is 15.0 Å². The van der Waals surface area contributed by atoms with Crippen LogP contribution in [0.1, 0.15) is 21.5 Å². The number of nitrogens with one attached hydrogen (secondary N) is 2. The number of halogens is 2. The summed E-state index contributed by atoms with van der Waals surface area (Å²) in [5.41, 5.74) is 1.46. The minimum absolute atomic E-state index is 0.0371. The van der Waals surface area contributed by atoms with E-state index in [9.17, 15) is 17.6 Å². The Morgan fingerprint density at radius 3 is 2.41 bits per heavy atom. The molecule has 9 heteroatoms. The normalized spacial score (nSPS) is 11.2. The number of rotatable bonds is 7. The fraction of sp³-hybridized carbons (Fsp3) is 0.100. The number of hydrogen-bond donors (Lipinski definition) is 2. The van der Waals surface area contributed by atoms with Crippen LogP contribution >= 0.6 is 11.6 Å². The van der Waals surface area contributed by atoms with E-state index in [0.29, 0.717) is 16.7 Å². The summed E-state index contributed by atoms with van der Waals surface area (Å²) in [7, 11) is -3.80. The van der Waals surface area contributed by atoms with E-state index in [1.165, 1.54) is 42.6 Å². The van der Waals surface area contributed by atoms with Gasteiger partial charge in [-0.2, -0.15) is 0 Å².